The van der Waals surface area contributed by atoms with E-state index in [1.165, 1.54) is 11.1 Å². The van der Waals surface area contributed by atoms with Crippen molar-refractivity contribution < 1.29 is 30.3 Å². The van der Waals surface area contributed by atoms with Gasteiger partial charge in [-0.25, -0.2) is 0 Å². The zero-order valence-electron chi connectivity index (χ0n) is 31.7. The van der Waals surface area contributed by atoms with Crippen LogP contribution in [0.25, 0.3) is 0 Å². The summed E-state index contributed by atoms with van der Waals surface area (Å²) in [6, 6.07) is 8.75. The van der Waals surface area contributed by atoms with Crippen LogP contribution in [0.2, 0.25) is 0 Å². The third-order valence-electron chi connectivity index (χ3n) is 13.0. The van der Waals surface area contributed by atoms with Crippen molar-refractivity contribution in [3.8, 4) is 0 Å². The number of nitrogens with one attached hydrogen (secondary N) is 2. The van der Waals surface area contributed by atoms with Crippen LogP contribution < -0.4 is 10.6 Å². The van der Waals surface area contributed by atoms with Gasteiger partial charge in [0, 0.05) is 24.0 Å². The monoisotopic (exact) mass is 716 g/mol. The number of carbonyl (C=O) groups is 1. The number of aldehydes is 1. The second kappa shape index (κ2) is 18.1. The van der Waals surface area contributed by atoms with Gasteiger partial charge in [0.15, 0.2) is 0 Å². The molecule has 1 aromatic rings. The number of fused-ring (bicyclic) bond motifs is 3. The Hall–Kier alpha value is -2.69. The summed E-state index contributed by atoms with van der Waals surface area (Å²) >= 11 is 0. The number of hydrogen-bond donors (Lipinski definition) is 7. The summed E-state index contributed by atoms with van der Waals surface area (Å²) in [6.07, 6.45) is 15.4. The van der Waals surface area contributed by atoms with Crippen LogP contribution in [0.15, 0.2) is 83.0 Å². The summed E-state index contributed by atoms with van der Waals surface area (Å²) < 4.78 is 0. The lowest BCUT2D eigenvalue weighted by Gasteiger charge is -2.60. The molecular formula is C44H64N2O6. The predicted molar refractivity (Wildman–Crippen MR) is 207 cm³/mol. The standard InChI is InChI=1S/C44H64N2O6/c1-29(34-17-16-30(2)42(51)46-31(3)23-32-10-6-11-33(24-32)25-34)9-5-13-36(27-48)38-18-19-44(41(38)50)39(15-8-22-47)40-35(12-7-14-37(40)28-49)26-43(44,52)20-21-45-4/h5-6,9-11,13,16,24,28,31,34-35,38-39,41-42,45-48,50-52H,1,7-8,12,14-15,17-23,25-27H2,2-4H3. The minimum atomic E-state index is -1.17. The highest BCUT2D eigenvalue weighted by Crippen LogP contribution is 2.66. The van der Waals surface area contributed by atoms with E-state index in [1.54, 1.807) is 0 Å². The highest BCUT2D eigenvalue weighted by Gasteiger charge is 2.67. The Morgan fingerprint density at radius 2 is 1.92 bits per heavy atom. The van der Waals surface area contributed by atoms with Gasteiger partial charge in [0.05, 0.1) is 18.3 Å². The van der Waals surface area contributed by atoms with Crippen LogP contribution in [-0.4, -0.2) is 82.6 Å². The number of carbonyl (C=O) groups excluding carboxylic acids is 1. The lowest BCUT2D eigenvalue weighted by atomic mass is 9.47. The van der Waals surface area contributed by atoms with Crippen LogP contribution in [0.4, 0.5) is 0 Å². The second-order valence-electron chi connectivity index (χ2n) is 16.2. The smallest absolute Gasteiger partial charge is 0.145 e. The van der Waals surface area contributed by atoms with E-state index < -0.39 is 23.3 Å². The van der Waals surface area contributed by atoms with Gasteiger partial charge >= 0.3 is 0 Å². The van der Waals surface area contributed by atoms with Gasteiger partial charge < -0.3 is 30.8 Å². The topological polar surface area (TPSA) is 142 Å². The van der Waals surface area contributed by atoms with Crippen molar-refractivity contribution in [1.82, 2.24) is 10.6 Å². The van der Waals surface area contributed by atoms with Gasteiger partial charge in [0.25, 0.3) is 0 Å². The number of benzene rings is 1. The molecule has 1 aliphatic heterocycles. The molecule has 7 N–H and O–H groups in total. The molecule has 8 heteroatoms. The van der Waals surface area contributed by atoms with Crippen molar-refractivity contribution >= 4 is 6.29 Å². The van der Waals surface area contributed by atoms with Crippen molar-refractivity contribution in [2.45, 2.75) is 115 Å². The van der Waals surface area contributed by atoms with Gasteiger partial charge in [-0.2, -0.15) is 0 Å². The molecule has 2 bridgehead atoms. The minimum Gasteiger partial charge on any atom is -0.396 e. The maximum atomic E-state index is 12.8. The molecule has 1 aromatic carbocycles. The van der Waals surface area contributed by atoms with Gasteiger partial charge in [-0.15, -0.1) is 0 Å². The molecule has 9 unspecified atom stereocenters. The lowest BCUT2D eigenvalue weighted by molar-refractivity contribution is -0.190. The number of aliphatic hydroxyl groups is 5. The Labute approximate surface area is 311 Å². The Bertz CT molecular complexity index is 1530. The number of aliphatic hydroxyl groups excluding tert-OH is 4. The fraction of sp³-hybridized carbons (Fsp3) is 0.614. The van der Waals surface area contributed by atoms with Crippen molar-refractivity contribution in [1.29, 1.82) is 0 Å². The van der Waals surface area contributed by atoms with E-state index in [2.05, 4.69) is 54.5 Å². The van der Waals surface area contributed by atoms with E-state index >= 15 is 0 Å². The Balaban J connectivity index is 1.44. The summed E-state index contributed by atoms with van der Waals surface area (Å²) in [7, 11) is 1.87. The molecule has 2 saturated carbocycles. The molecule has 3 aliphatic carbocycles. The summed E-state index contributed by atoms with van der Waals surface area (Å²) in [5, 5.41) is 63.3. The molecule has 1 spiro atoms. The third-order valence-corrected chi connectivity index (χ3v) is 13.0. The van der Waals surface area contributed by atoms with E-state index in [-0.39, 0.29) is 42.9 Å². The molecule has 0 aromatic heterocycles. The molecule has 286 valence electrons. The largest absolute Gasteiger partial charge is 0.396 e. The van der Waals surface area contributed by atoms with Crippen molar-refractivity contribution in [3.05, 3.63) is 94.1 Å². The normalized spacial score (nSPS) is 34.5. The number of hydrogen-bond acceptors (Lipinski definition) is 8. The maximum absolute atomic E-state index is 12.8. The van der Waals surface area contributed by atoms with Gasteiger partial charge in [-0.3, -0.25) is 10.1 Å². The first kappa shape index (κ1) is 40.5. The van der Waals surface area contributed by atoms with Gasteiger partial charge in [0.2, 0.25) is 0 Å². The molecule has 2 fully saturated rings. The first-order valence-corrected chi connectivity index (χ1v) is 19.7. The molecule has 4 aliphatic rings. The van der Waals surface area contributed by atoms with Crippen LogP contribution in [0, 0.1) is 29.1 Å². The Kier molecular flexibility index (Phi) is 14.1. The second-order valence-corrected chi connectivity index (χ2v) is 16.2. The molecule has 0 saturated heterocycles. The van der Waals surface area contributed by atoms with Crippen LogP contribution >= 0.6 is 0 Å². The van der Waals surface area contributed by atoms with Crippen molar-refractivity contribution in [2.24, 2.45) is 29.1 Å². The zero-order chi connectivity index (χ0) is 37.5. The van der Waals surface area contributed by atoms with Gasteiger partial charge in [-0.05, 0) is 150 Å². The molecule has 5 rings (SSSR count). The first-order valence-electron chi connectivity index (χ1n) is 19.7. The van der Waals surface area contributed by atoms with Crippen molar-refractivity contribution in [3.63, 3.8) is 0 Å². The summed E-state index contributed by atoms with van der Waals surface area (Å²) in [5.41, 5.74) is 4.83. The molecule has 9 atom stereocenters. The van der Waals surface area contributed by atoms with Crippen LogP contribution in [0.1, 0.15) is 89.2 Å². The Morgan fingerprint density at radius 1 is 1.15 bits per heavy atom. The highest BCUT2D eigenvalue weighted by molar-refractivity contribution is 5.75. The molecule has 1 heterocycles. The predicted octanol–water partition coefficient (Wildman–Crippen LogP) is 5.25. The van der Waals surface area contributed by atoms with E-state index in [0.29, 0.717) is 63.5 Å². The molecule has 0 radical (unpaired) electrons. The summed E-state index contributed by atoms with van der Waals surface area (Å²) in [6.45, 7) is 8.87. The molecular weight excluding hydrogens is 652 g/mol. The molecule has 8 nitrogen and oxygen atoms in total. The van der Waals surface area contributed by atoms with Gasteiger partial charge in [0.1, 0.15) is 12.5 Å². The first-order chi connectivity index (χ1) is 25.0. The number of rotatable bonds is 12. The quantitative estimate of drug-likeness (QED) is 0.0884. The maximum Gasteiger partial charge on any atom is 0.145 e. The Morgan fingerprint density at radius 3 is 2.63 bits per heavy atom. The van der Waals surface area contributed by atoms with Crippen LogP contribution in [0.5, 0.6) is 0 Å². The highest BCUT2D eigenvalue weighted by atomic mass is 16.3. The fourth-order valence-electron chi connectivity index (χ4n) is 10.4. The zero-order valence-corrected chi connectivity index (χ0v) is 31.7. The average Bonchev–Trinajstić information content (AvgIpc) is 3.47. The minimum absolute atomic E-state index is 0.00432. The average molecular weight is 717 g/mol. The molecule has 0 amide bonds. The van der Waals surface area contributed by atoms with Crippen LogP contribution in [-0.2, 0) is 17.6 Å². The van der Waals surface area contributed by atoms with Crippen molar-refractivity contribution in [2.75, 3.05) is 26.8 Å². The fourth-order valence-corrected chi connectivity index (χ4v) is 10.4. The van der Waals surface area contributed by atoms with Gasteiger partial charge in [-0.1, -0.05) is 66.3 Å². The SMILES string of the molecule is C=C(C=CC=C(CO)C1CCC2(C(CCCO)C3=C(C=O)CCCC3CC2(O)CCNC)C1O)C1CC=C(C)C(O)NC(C)Cc2cccc(c2)C1. The van der Waals surface area contributed by atoms with E-state index in [0.717, 1.165) is 54.3 Å². The summed E-state index contributed by atoms with van der Waals surface area (Å²) in [4.78, 5) is 12.4. The lowest BCUT2D eigenvalue weighted by Crippen LogP contribution is -2.63. The van der Waals surface area contributed by atoms with E-state index in [1.807, 2.05) is 32.2 Å². The number of allylic oxidation sites excluding steroid dienone is 7. The van der Waals surface area contributed by atoms with E-state index in [9.17, 15) is 30.3 Å². The third kappa shape index (κ3) is 8.49. The van der Waals surface area contributed by atoms with Crippen LogP contribution in [0.3, 0.4) is 0 Å². The molecule has 52 heavy (non-hydrogen) atoms. The van der Waals surface area contributed by atoms with E-state index in [4.69, 9.17) is 0 Å². The summed E-state index contributed by atoms with van der Waals surface area (Å²) in [5.74, 6) is -0.424.